The predicted octanol–water partition coefficient (Wildman–Crippen LogP) is 3.27. The van der Waals surface area contributed by atoms with E-state index in [0.29, 0.717) is 39.1 Å². The summed E-state index contributed by atoms with van der Waals surface area (Å²) in [5.41, 5.74) is 2.37. The number of hydrogen-bond donors (Lipinski definition) is 3. The van der Waals surface area contributed by atoms with E-state index in [2.05, 4.69) is 15.6 Å². The Labute approximate surface area is 171 Å². The van der Waals surface area contributed by atoms with E-state index in [1.165, 1.54) is 14.0 Å². The maximum absolute atomic E-state index is 12.1. The molecule has 0 saturated heterocycles. The van der Waals surface area contributed by atoms with Crippen LogP contribution in [0.25, 0.3) is 16.9 Å². The number of ether oxygens (including phenoxy) is 2. The number of halogens is 1. The van der Waals surface area contributed by atoms with Crippen molar-refractivity contribution in [3.05, 3.63) is 41.7 Å². The molecule has 3 N–H and O–H groups in total. The van der Waals surface area contributed by atoms with Crippen molar-refractivity contribution < 1.29 is 24.2 Å². The summed E-state index contributed by atoms with van der Waals surface area (Å²) in [7, 11) is 3.07. The number of amides is 2. The van der Waals surface area contributed by atoms with Crippen LogP contribution in [0.3, 0.4) is 0 Å². The Morgan fingerprint density at radius 3 is 2.59 bits per heavy atom. The molecule has 152 valence electrons. The molecule has 29 heavy (non-hydrogen) atoms. The topological polar surface area (TPSA) is 114 Å². The normalized spacial score (nSPS) is 11.7. The van der Waals surface area contributed by atoms with Crippen molar-refractivity contribution in [3.63, 3.8) is 0 Å². The molecular weight excluding hydrogens is 400 g/mol. The summed E-state index contributed by atoms with van der Waals surface area (Å²) in [6.45, 7) is 1.45. The summed E-state index contributed by atoms with van der Waals surface area (Å²) in [6, 6.07) is 5.85. The number of nitrogens with one attached hydrogen (secondary N) is 2. The lowest BCUT2D eigenvalue weighted by atomic mass is 10.1. The molecule has 10 heteroatoms. The quantitative estimate of drug-likeness (QED) is 0.566. The fraction of sp³-hybridized carbons (Fsp3) is 0.211. The number of fused-ring (bicyclic) bond motifs is 1. The number of nitrogens with zero attached hydrogens (tertiary/aromatic N) is 2. The number of hydrogen-bond acceptors (Lipinski definition) is 5. The molecule has 1 aromatic carbocycles. The van der Waals surface area contributed by atoms with Crippen LogP contribution in [-0.4, -0.2) is 46.8 Å². The zero-order chi connectivity index (χ0) is 21.1. The van der Waals surface area contributed by atoms with Gasteiger partial charge in [-0.15, -0.1) is 0 Å². The standard InChI is InChI=1S/C19H19ClN4O5/c1-10(21-19(26)27)18(25)22-11-4-5-24-9-14(23-17(24)6-11)12-7-13(20)16(29-3)8-15(12)28-2/h4-10,21H,1-3H3,(H,22,25)(H,26,27). The lowest BCUT2D eigenvalue weighted by Crippen LogP contribution is -2.40. The highest BCUT2D eigenvalue weighted by Gasteiger charge is 2.17. The van der Waals surface area contributed by atoms with Crippen molar-refractivity contribution in [2.75, 3.05) is 19.5 Å². The van der Waals surface area contributed by atoms with E-state index < -0.39 is 18.0 Å². The highest BCUT2D eigenvalue weighted by atomic mass is 35.5. The van der Waals surface area contributed by atoms with Crippen molar-refractivity contribution >= 4 is 34.9 Å². The van der Waals surface area contributed by atoms with E-state index in [1.807, 2.05) is 0 Å². The third kappa shape index (κ3) is 4.35. The van der Waals surface area contributed by atoms with Gasteiger partial charge >= 0.3 is 6.09 Å². The van der Waals surface area contributed by atoms with Gasteiger partial charge in [-0.05, 0) is 19.1 Å². The number of carbonyl (C=O) groups is 2. The second-order valence-corrected chi connectivity index (χ2v) is 6.56. The third-order valence-electron chi connectivity index (χ3n) is 4.21. The summed E-state index contributed by atoms with van der Waals surface area (Å²) < 4.78 is 12.4. The molecule has 0 aliphatic heterocycles. The van der Waals surface area contributed by atoms with Gasteiger partial charge in [0.1, 0.15) is 23.2 Å². The van der Waals surface area contributed by atoms with Crippen LogP contribution in [-0.2, 0) is 4.79 Å². The fourth-order valence-electron chi connectivity index (χ4n) is 2.75. The van der Waals surface area contributed by atoms with Crippen LogP contribution in [0.15, 0.2) is 36.7 Å². The summed E-state index contributed by atoms with van der Waals surface area (Å²) in [6.07, 6.45) is 2.26. The van der Waals surface area contributed by atoms with Gasteiger partial charge in [0, 0.05) is 35.8 Å². The summed E-state index contributed by atoms with van der Waals surface area (Å²) in [5, 5.41) is 13.9. The molecule has 0 fully saturated rings. The van der Waals surface area contributed by atoms with Gasteiger partial charge in [-0.2, -0.15) is 0 Å². The van der Waals surface area contributed by atoms with Crippen molar-refractivity contribution in [2.45, 2.75) is 13.0 Å². The molecule has 0 aliphatic carbocycles. The Morgan fingerprint density at radius 2 is 1.93 bits per heavy atom. The zero-order valence-electron chi connectivity index (χ0n) is 15.9. The fourth-order valence-corrected chi connectivity index (χ4v) is 2.99. The first kappa shape index (κ1) is 20.3. The van der Waals surface area contributed by atoms with Crippen LogP contribution < -0.4 is 20.1 Å². The Balaban J connectivity index is 1.91. The maximum atomic E-state index is 12.1. The number of benzene rings is 1. The van der Waals surface area contributed by atoms with Gasteiger partial charge in [0.05, 0.1) is 24.9 Å². The van der Waals surface area contributed by atoms with E-state index in [4.69, 9.17) is 26.2 Å². The minimum atomic E-state index is -1.27. The van der Waals surface area contributed by atoms with Crippen LogP contribution in [0.4, 0.5) is 10.5 Å². The SMILES string of the molecule is COc1cc(OC)c(-c2cn3ccc(NC(=O)C(C)NC(=O)O)cc3n2)cc1Cl. The van der Waals surface area contributed by atoms with Gasteiger partial charge in [0.15, 0.2) is 0 Å². The molecule has 1 unspecified atom stereocenters. The minimum Gasteiger partial charge on any atom is -0.496 e. The highest BCUT2D eigenvalue weighted by Crippen LogP contribution is 2.38. The second kappa shape index (κ2) is 8.27. The van der Waals surface area contributed by atoms with Gasteiger partial charge in [0.2, 0.25) is 5.91 Å². The average molecular weight is 419 g/mol. The third-order valence-corrected chi connectivity index (χ3v) is 4.51. The van der Waals surface area contributed by atoms with Crippen LogP contribution in [0.5, 0.6) is 11.5 Å². The Kier molecular flexibility index (Phi) is 5.79. The molecule has 1 atom stereocenters. The van der Waals surface area contributed by atoms with Crippen LogP contribution in [0.2, 0.25) is 5.02 Å². The largest absolute Gasteiger partial charge is 0.496 e. The Bertz CT molecular complexity index is 1080. The second-order valence-electron chi connectivity index (χ2n) is 6.15. The maximum Gasteiger partial charge on any atom is 0.405 e. The molecular formula is C19H19ClN4O5. The number of rotatable bonds is 6. The Morgan fingerprint density at radius 1 is 1.21 bits per heavy atom. The number of carbonyl (C=O) groups excluding carboxylic acids is 1. The first-order chi connectivity index (χ1) is 13.8. The molecule has 0 spiro atoms. The lowest BCUT2D eigenvalue weighted by Gasteiger charge is -2.11. The van der Waals surface area contributed by atoms with Crippen molar-refractivity contribution in [1.82, 2.24) is 14.7 Å². The van der Waals surface area contributed by atoms with Gasteiger partial charge in [-0.1, -0.05) is 11.6 Å². The van der Waals surface area contributed by atoms with Gasteiger partial charge in [0.25, 0.3) is 0 Å². The number of anilines is 1. The van der Waals surface area contributed by atoms with E-state index in [-0.39, 0.29) is 0 Å². The van der Waals surface area contributed by atoms with E-state index in [0.717, 1.165) is 0 Å². The molecule has 0 bridgehead atoms. The number of pyridine rings is 1. The first-order valence-electron chi connectivity index (χ1n) is 8.53. The van der Waals surface area contributed by atoms with Crippen molar-refractivity contribution in [2.24, 2.45) is 0 Å². The molecule has 0 aliphatic rings. The minimum absolute atomic E-state index is 0.424. The molecule has 2 amide bonds. The Hall–Kier alpha value is -3.46. The van der Waals surface area contributed by atoms with Crippen molar-refractivity contribution in [1.29, 1.82) is 0 Å². The number of aromatic nitrogens is 2. The first-order valence-corrected chi connectivity index (χ1v) is 8.91. The van der Waals surface area contributed by atoms with Crippen LogP contribution >= 0.6 is 11.6 Å². The summed E-state index contributed by atoms with van der Waals surface area (Å²) in [5.74, 6) is 0.564. The van der Waals surface area contributed by atoms with Gasteiger partial charge in [-0.25, -0.2) is 9.78 Å². The zero-order valence-corrected chi connectivity index (χ0v) is 16.6. The molecule has 2 heterocycles. The number of methoxy groups -OCH3 is 2. The molecule has 2 aromatic heterocycles. The molecule has 9 nitrogen and oxygen atoms in total. The summed E-state index contributed by atoms with van der Waals surface area (Å²) >= 11 is 6.24. The molecule has 0 radical (unpaired) electrons. The van der Waals surface area contributed by atoms with Crippen LogP contribution in [0.1, 0.15) is 6.92 Å². The van der Waals surface area contributed by atoms with E-state index in [1.54, 1.807) is 48.2 Å². The molecule has 0 saturated carbocycles. The number of carboxylic acid groups (broad SMARTS) is 1. The summed E-state index contributed by atoms with van der Waals surface area (Å²) in [4.78, 5) is 27.3. The lowest BCUT2D eigenvalue weighted by molar-refractivity contribution is -0.117. The van der Waals surface area contributed by atoms with Gasteiger partial charge < -0.3 is 29.6 Å². The van der Waals surface area contributed by atoms with Gasteiger partial charge in [-0.3, -0.25) is 4.79 Å². The predicted molar refractivity (Wildman–Crippen MR) is 108 cm³/mol. The highest BCUT2D eigenvalue weighted by molar-refractivity contribution is 6.32. The van der Waals surface area contributed by atoms with E-state index >= 15 is 0 Å². The van der Waals surface area contributed by atoms with E-state index in [9.17, 15) is 9.59 Å². The monoisotopic (exact) mass is 418 g/mol. The average Bonchev–Trinajstić information content (AvgIpc) is 3.10. The van der Waals surface area contributed by atoms with Crippen molar-refractivity contribution in [3.8, 4) is 22.8 Å². The number of imidazole rings is 1. The molecule has 3 rings (SSSR count). The molecule has 3 aromatic rings. The van der Waals surface area contributed by atoms with Crippen LogP contribution in [0, 0.1) is 0 Å². The smallest absolute Gasteiger partial charge is 0.405 e.